The minimum atomic E-state index is -0.536. The molecule has 0 amide bonds. The third kappa shape index (κ3) is 4.49. The van der Waals surface area contributed by atoms with Crippen LogP contribution in [0.15, 0.2) is 36.4 Å². The average Bonchev–Trinajstić information content (AvgIpc) is 2.57. The lowest BCUT2D eigenvalue weighted by Crippen LogP contribution is -2.24. The standard InChI is InChI=1S/C20H27NO3/c1-13-8-14(2)10-17(9-13)18(22)12-21-15(3)16-6-7-19(23-4)20(11-16)24-5/h6-11,15,18,21-22H,12H2,1-5H3. The minimum absolute atomic E-state index is 0.0883. The van der Waals surface area contributed by atoms with Crippen molar-refractivity contribution in [3.05, 3.63) is 58.7 Å². The van der Waals surface area contributed by atoms with E-state index in [2.05, 4.69) is 18.3 Å². The van der Waals surface area contributed by atoms with Gasteiger partial charge in [0, 0.05) is 12.6 Å². The maximum atomic E-state index is 10.4. The van der Waals surface area contributed by atoms with Gasteiger partial charge in [-0.1, -0.05) is 35.4 Å². The number of ether oxygens (including phenoxy) is 2. The van der Waals surface area contributed by atoms with Crippen LogP contribution in [0.4, 0.5) is 0 Å². The normalized spacial score (nSPS) is 13.4. The number of benzene rings is 2. The molecule has 24 heavy (non-hydrogen) atoms. The van der Waals surface area contributed by atoms with E-state index >= 15 is 0 Å². The van der Waals surface area contributed by atoms with Crippen LogP contribution in [0.25, 0.3) is 0 Å². The summed E-state index contributed by atoms with van der Waals surface area (Å²) in [6.07, 6.45) is -0.536. The van der Waals surface area contributed by atoms with Gasteiger partial charge in [-0.25, -0.2) is 0 Å². The van der Waals surface area contributed by atoms with Crippen LogP contribution >= 0.6 is 0 Å². The largest absolute Gasteiger partial charge is 0.493 e. The highest BCUT2D eigenvalue weighted by atomic mass is 16.5. The number of nitrogens with one attached hydrogen (secondary N) is 1. The Morgan fingerprint density at radius 1 is 0.917 bits per heavy atom. The van der Waals surface area contributed by atoms with Crippen molar-refractivity contribution in [1.29, 1.82) is 0 Å². The molecule has 0 saturated carbocycles. The van der Waals surface area contributed by atoms with Crippen molar-refractivity contribution in [2.45, 2.75) is 32.9 Å². The lowest BCUT2D eigenvalue weighted by molar-refractivity contribution is 0.170. The number of hydrogen-bond acceptors (Lipinski definition) is 4. The molecule has 4 nitrogen and oxygen atoms in total. The molecule has 0 aliphatic heterocycles. The molecule has 0 spiro atoms. The van der Waals surface area contributed by atoms with Crippen LogP contribution in [0, 0.1) is 13.8 Å². The molecule has 0 aromatic heterocycles. The number of aliphatic hydroxyl groups excluding tert-OH is 1. The summed E-state index contributed by atoms with van der Waals surface area (Å²) in [7, 11) is 3.25. The monoisotopic (exact) mass is 329 g/mol. The van der Waals surface area contributed by atoms with E-state index in [-0.39, 0.29) is 6.04 Å². The molecule has 0 aliphatic rings. The van der Waals surface area contributed by atoms with Gasteiger partial charge >= 0.3 is 0 Å². The molecule has 2 aromatic rings. The predicted molar refractivity (Wildman–Crippen MR) is 96.8 cm³/mol. The SMILES string of the molecule is COc1ccc(C(C)NCC(O)c2cc(C)cc(C)c2)cc1OC. The van der Waals surface area contributed by atoms with E-state index in [9.17, 15) is 5.11 Å². The second-order valence-corrected chi connectivity index (χ2v) is 6.18. The summed E-state index contributed by atoms with van der Waals surface area (Å²) in [6.45, 7) is 6.64. The van der Waals surface area contributed by atoms with Crippen molar-refractivity contribution >= 4 is 0 Å². The fraction of sp³-hybridized carbons (Fsp3) is 0.400. The van der Waals surface area contributed by atoms with E-state index in [1.54, 1.807) is 14.2 Å². The fourth-order valence-corrected chi connectivity index (χ4v) is 2.85. The topological polar surface area (TPSA) is 50.7 Å². The Labute approximate surface area is 144 Å². The first kappa shape index (κ1) is 18.3. The predicted octanol–water partition coefficient (Wildman–Crippen LogP) is 3.70. The molecule has 2 unspecified atom stereocenters. The molecule has 130 valence electrons. The third-order valence-electron chi connectivity index (χ3n) is 4.15. The first-order valence-corrected chi connectivity index (χ1v) is 8.16. The van der Waals surface area contributed by atoms with Crippen LogP contribution in [0.3, 0.4) is 0 Å². The van der Waals surface area contributed by atoms with Gasteiger partial charge in [-0.15, -0.1) is 0 Å². The van der Waals surface area contributed by atoms with Gasteiger partial charge in [-0.05, 0) is 44.0 Å². The van der Waals surface area contributed by atoms with Gasteiger partial charge in [0.15, 0.2) is 11.5 Å². The zero-order chi connectivity index (χ0) is 17.7. The Hall–Kier alpha value is -2.04. The highest BCUT2D eigenvalue weighted by Gasteiger charge is 2.13. The van der Waals surface area contributed by atoms with Gasteiger partial charge in [0.2, 0.25) is 0 Å². The van der Waals surface area contributed by atoms with Crippen LogP contribution in [-0.2, 0) is 0 Å². The quantitative estimate of drug-likeness (QED) is 0.813. The molecule has 0 aliphatic carbocycles. The smallest absolute Gasteiger partial charge is 0.161 e. The zero-order valence-electron chi connectivity index (χ0n) is 15.1. The molecular formula is C20H27NO3. The summed E-state index contributed by atoms with van der Waals surface area (Å²) in [4.78, 5) is 0. The lowest BCUT2D eigenvalue weighted by Gasteiger charge is -2.19. The summed E-state index contributed by atoms with van der Waals surface area (Å²) < 4.78 is 10.6. The summed E-state index contributed by atoms with van der Waals surface area (Å²) in [5.74, 6) is 1.42. The van der Waals surface area contributed by atoms with Crippen molar-refractivity contribution in [2.75, 3.05) is 20.8 Å². The minimum Gasteiger partial charge on any atom is -0.493 e. The van der Waals surface area contributed by atoms with Crippen molar-refractivity contribution in [3.63, 3.8) is 0 Å². The van der Waals surface area contributed by atoms with Crippen LogP contribution in [0.5, 0.6) is 11.5 Å². The van der Waals surface area contributed by atoms with Gasteiger partial charge in [0.25, 0.3) is 0 Å². The zero-order valence-corrected chi connectivity index (χ0v) is 15.1. The van der Waals surface area contributed by atoms with Crippen LogP contribution in [0.1, 0.15) is 41.3 Å². The Morgan fingerprint density at radius 3 is 2.12 bits per heavy atom. The second kappa shape index (κ2) is 8.18. The molecular weight excluding hydrogens is 302 g/mol. The average molecular weight is 329 g/mol. The van der Waals surface area contributed by atoms with E-state index in [1.165, 1.54) is 0 Å². The summed E-state index contributed by atoms with van der Waals surface area (Å²) in [5, 5.41) is 13.8. The van der Waals surface area contributed by atoms with E-state index in [0.29, 0.717) is 18.0 Å². The molecule has 0 fully saturated rings. The van der Waals surface area contributed by atoms with Crippen LogP contribution in [-0.4, -0.2) is 25.9 Å². The number of rotatable bonds is 7. The number of aryl methyl sites for hydroxylation is 2. The lowest BCUT2D eigenvalue weighted by atomic mass is 10.0. The Kier molecular flexibility index (Phi) is 6.23. The molecule has 2 rings (SSSR count). The van der Waals surface area contributed by atoms with Crippen LogP contribution < -0.4 is 14.8 Å². The molecule has 4 heteroatoms. The first-order chi connectivity index (χ1) is 11.4. The third-order valence-corrected chi connectivity index (χ3v) is 4.15. The Bertz CT molecular complexity index is 664. The van der Waals surface area contributed by atoms with E-state index in [1.807, 2.05) is 44.2 Å². The molecule has 2 atom stereocenters. The molecule has 0 bridgehead atoms. The maximum Gasteiger partial charge on any atom is 0.161 e. The van der Waals surface area contributed by atoms with Gasteiger partial charge in [-0.2, -0.15) is 0 Å². The Morgan fingerprint density at radius 2 is 1.54 bits per heavy atom. The van der Waals surface area contributed by atoms with Crippen molar-refractivity contribution in [1.82, 2.24) is 5.32 Å². The number of methoxy groups -OCH3 is 2. The molecule has 0 saturated heterocycles. The van der Waals surface area contributed by atoms with Gasteiger partial charge in [-0.3, -0.25) is 0 Å². The molecule has 0 radical (unpaired) electrons. The van der Waals surface area contributed by atoms with E-state index in [4.69, 9.17) is 9.47 Å². The van der Waals surface area contributed by atoms with Crippen molar-refractivity contribution in [3.8, 4) is 11.5 Å². The fourth-order valence-electron chi connectivity index (χ4n) is 2.85. The number of hydrogen-bond donors (Lipinski definition) is 2. The van der Waals surface area contributed by atoms with Gasteiger partial charge < -0.3 is 19.9 Å². The van der Waals surface area contributed by atoms with E-state index in [0.717, 1.165) is 22.3 Å². The Balaban J connectivity index is 2.03. The molecule has 0 heterocycles. The second-order valence-electron chi connectivity index (χ2n) is 6.18. The summed E-state index contributed by atoms with van der Waals surface area (Å²) in [6, 6.07) is 12.1. The van der Waals surface area contributed by atoms with Gasteiger partial charge in [0.1, 0.15) is 0 Å². The molecule has 2 aromatic carbocycles. The van der Waals surface area contributed by atoms with E-state index < -0.39 is 6.10 Å². The van der Waals surface area contributed by atoms with Gasteiger partial charge in [0.05, 0.1) is 20.3 Å². The first-order valence-electron chi connectivity index (χ1n) is 8.16. The molecule has 2 N–H and O–H groups in total. The maximum absolute atomic E-state index is 10.4. The van der Waals surface area contributed by atoms with Crippen molar-refractivity contribution in [2.24, 2.45) is 0 Å². The van der Waals surface area contributed by atoms with Crippen molar-refractivity contribution < 1.29 is 14.6 Å². The highest BCUT2D eigenvalue weighted by molar-refractivity contribution is 5.43. The number of aliphatic hydroxyl groups is 1. The summed E-state index contributed by atoms with van der Waals surface area (Å²) >= 11 is 0. The highest BCUT2D eigenvalue weighted by Crippen LogP contribution is 2.30. The summed E-state index contributed by atoms with van der Waals surface area (Å²) in [5.41, 5.74) is 4.36. The van der Waals surface area contributed by atoms with Crippen LogP contribution in [0.2, 0.25) is 0 Å².